The monoisotopic (exact) mass is 275 g/mol. The van der Waals surface area contributed by atoms with Crippen molar-refractivity contribution in [2.45, 2.75) is 19.4 Å². The van der Waals surface area contributed by atoms with E-state index in [9.17, 15) is 14.7 Å². The highest BCUT2D eigenvalue weighted by atomic mass is 16.4. The Kier molecular flexibility index (Phi) is 2.66. The fourth-order valence-electron chi connectivity index (χ4n) is 2.08. The predicted molar refractivity (Wildman–Crippen MR) is 67.8 cm³/mol. The first-order valence-corrected chi connectivity index (χ1v) is 6.18. The lowest BCUT2D eigenvalue weighted by molar-refractivity contribution is -0.144. The van der Waals surface area contributed by atoms with Gasteiger partial charge in [0, 0.05) is 24.9 Å². The van der Waals surface area contributed by atoms with Crippen LogP contribution in [0.1, 0.15) is 12.8 Å². The van der Waals surface area contributed by atoms with Gasteiger partial charge in [-0.1, -0.05) is 0 Å². The van der Waals surface area contributed by atoms with Crippen molar-refractivity contribution in [1.82, 2.24) is 24.8 Å². The number of nitrogens with zero attached hydrogens (tertiary/aromatic N) is 5. The third-order valence-electron chi connectivity index (χ3n) is 3.65. The van der Waals surface area contributed by atoms with E-state index in [0.717, 1.165) is 0 Å². The molecule has 3 rings (SSSR count). The molecule has 0 unspecified atom stereocenters. The van der Waals surface area contributed by atoms with Gasteiger partial charge in [0.25, 0.3) is 5.56 Å². The van der Waals surface area contributed by atoms with Crippen LogP contribution in [0.4, 0.5) is 0 Å². The zero-order valence-electron chi connectivity index (χ0n) is 10.9. The minimum Gasteiger partial charge on any atom is -0.481 e. The van der Waals surface area contributed by atoms with E-state index in [4.69, 9.17) is 0 Å². The molecule has 8 heteroatoms. The molecular weight excluding hydrogens is 262 g/mol. The van der Waals surface area contributed by atoms with Gasteiger partial charge in [-0.2, -0.15) is 0 Å². The second kappa shape index (κ2) is 4.26. The molecule has 2 aromatic heterocycles. The summed E-state index contributed by atoms with van der Waals surface area (Å²) in [5.41, 5.74) is -0.347. The van der Waals surface area contributed by atoms with Crippen LogP contribution in [0.25, 0.3) is 11.4 Å². The van der Waals surface area contributed by atoms with Crippen LogP contribution < -0.4 is 5.56 Å². The first-order chi connectivity index (χ1) is 9.52. The van der Waals surface area contributed by atoms with Crippen molar-refractivity contribution in [3.05, 3.63) is 28.7 Å². The molecule has 1 aliphatic rings. The van der Waals surface area contributed by atoms with Gasteiger partial charge in [-0.05, 0) is 29.3 Å². The third-order valence-corrected chi connectivity index (χ3v) is 3.65. The SMILES string of the molecule is Cn1ccc(-c2nnnn2CC2(C(=O)O)CC2)cc1=O. The van der Waals surface area contributed by atoms with Crippen molar-refractivity contribution in [1.29, 1.82) is 0 Å². The summed E-state index contributed by atoms with van der Waals surface area (Å²) < 4.78 is 2.90. The largest absolute Gasteiger partial charge is 0.481 e. The van der Waals surface area contributed by atoms with Crippen LogP contribution in [-0.2, 0) is 18.4 Å². The van der Waals surface area contributed by atoms with Crippen LogP contribution in [0, 0.1) is 5.41 Å². The van der Waals surface area contributed by atoms with Crippen molar-refractivity contribution >= 4 is 5.97 Å². The van der Waals surface area contributed by atoms with E-state index in [0.29, 0.717) is 24.2 Å². The molecule has 8 nitrogen and oxygen atoms in total. The van der Waals surface area contributed by atoms with Crippen LogP contribution in [0.2, 0.25) is 0 Å². The molecule has 2 aromatic rings. The van der Waals surface area contributed by atoms with Crippen LogP contribution in [0.3, 0.4) is 0 Å². The minimum absolute atomic E-state index is 0.170. The smallest absolute Gasteiger partial charge is 0.311 e. The van der Waals surface area contributed by atoms with Crippen molar-refractivity contribution < 1.29 is 9.90 Å². The Balaban J connectivity index is 1.96. The Labute approximate surface area is 113 Å². The molecular formula is C12H13N5O3. The number of carbonyl (C=O) groups is 1. The highest BCUT2D eigenvalue weighted by molar-refractivity contribution is 5.77. The fraction of sp³-hybridized carbons (Fsp3) is 0.417. The van der Waals surface area contributed by atoms with E-state index in [-0.39, 0.29) is 12.1 Å². The number of hydrogen-bond acceptors (Lipinski definition) is 5. The molecule has 0 aliphatic heterocycles. The Hall–Kier alpha value is -2.51. The van der Waals surface area contributed by atoms with Gasteiger partial charge < -0.3 is 9.67 Å². The van der Waals surface area contributed by atoms with Gasteiger partial charge in [0.05, 0.1) is 12.0 Å². The molecule has 1 aliphatic carbocycles. The minimum atomic E-state index is -0.831. The summed E-state index contributed by atoms with van der Waals surface area (Å²) in [6, 6.07) is 3.16. The maximum atomic E-state index is 11.6. The summed E-state index contributed by atoms with van der Waals surface area (Å²) >= 11 is 0. The van der Waals surface area contributed by atoms with Crippen LogP contribution in [0.5, 0.6) is 0 Å². The molecule has 0 aromatic carbocycles. The molecule has 20 heavy (non-hydrogen) atoms. The topological polar surface area (TPSA) is 103 Å². The van der Waals surface area contributed by atoms with Gasteiger partial charge in [-0.3, -0.25) is 9.59 Å². The standard InChI is InChI=1S/C12H13N5O3/c1-16-5-2-8(6-9(16)18)10-13-14-15-17(10)7-12(3-4-12)11(19)20/h2,5-6H,3-4,7H2,1H3,(H,19,20). The van der Waals surface area contributed by atoms with Crippen LogP contribution >= 0.6 is 0 Å². The molecule has 1 N–H and O–H groups in total. The summed E-state index contributed by atoms with van der Waals surface area (Å²) in [7, 11) is 1.65. The van der Waals surface area contributed by atoms with Gasteiger partial charge in [-0.25, -0.2) is 4.68 Å². The Morgan fingerprint density at radius 1 is 1.50 bits per heavy atom. The molecule has 0 spiro atoms. The quantitative estimate of drug-likeness (QED) is 0.836. The molecule has 0 radical (unpaired) electrons. The van der Waals surface area contributed by atoms with E-state index in [2.05, 4.69) is 15.5 Å². The predicted octanol–water partition coefficient (Wildman–Crippen LogP) is -0.0964. The summed E-state index contributed by atoms with van der Waals surface area (Å²) in [6.07, 6.45) is 2.87. The zero-order chi connectivity index (χ0) is 14.3. The molecule has 104 valence electrons. The molecule has 0 amide bonds. The third kappa shape index (κ3) is 1.98. The number of pyridine rings is 1. The molecule has 0 saturated heterocycles. The second-order valence-corrected chi connectivity index (χ2v) is 5.11. The second-order valence-electron chi connectivity index (χ2n) is 5.11. The summed E-state index contributed by atoms with van der Waals surface area (Å²) in [4.78, 5) is 22.9. The van der Waals surface area contributed by atoms with Crippen molar-refractivity contribution in [2.75, 3.05) is 0 Å². The van der Waals surface area contributed by atoms with Crippen molar-refractivity contribution in [2.24, 2.45) is 12.5 Å². The number of rotatable bonds is 4. The number of tetrazole rings is 1. The number of carboxylic acids is 1. The average Bonchev–Trinajstić information content (AvgIpc) is 3.05. The summed E-state index contributed by atoms with van der Waals surface area (Å²) in [5.74, 6) is -0.418. The maximum absolute atomic E-state index is 11.6. The van der Waals surface area contributed by atoms with Gasteiger partial charge in [0.1, 0.15) is 0 Å². The molecule has 0 atom stereocenters. The van der Waals surface area contributed by atoms with E-state index in [1.165, 1.54) is 15.3 Å². The van der Waals surface area contributed by atoms with Crippen LogP contribution in [-0.4, -0.2) is 35.9 Å². The molecule has 2 heterocycles. The maximum Gasteiger partial charge on any atom is 0.311 e. The van der Waals surface area contributed by atoms with E-state index < -0.39 is 11.4 Å². The Bertz CT molecular complexity index is 729. The van der Waals surface area contributed by atoms with Crippen molar-refractivity contribution in [3.8, 4) is 11.4 Å². The van der Waals surface area contributed by atoms with E-state index in [1.807, 2.05) is 0 Å². The van der Waals surface area contributed by atoms with Crippen LogP contribution in [0.15, 0.2) is 23.1 Å². The Morgan fingerprint density at radius 2 is 2.25 bits per heavy atom. The number of hydrogen-bond donors (Lipinski definition) is 1. The van der Waals surface area contributed by atoms with E-state index in [1.54, 1.807) is 19.3 Å². The normalized spacial score (nSPS) is 16.1. The first kappa shape index (κ1) is 12.5. The highest BCUT2D eigenvalue weighted by Crippen LogP contribution is 2.47. The summed E-state index contributed by atoms with van der Waals surface area (Å²) in [5, 5.41) is 20.5. The van der Waals surface area contributed by atoms with Gasteiger partial charge >= 0.3 is 5.97 Å². The zero-order valence-corrected chi connectivity index (χ0v) is 10.9. The number of aliphatic carboxylic acids is 1. The van der Waals surface area contributed by atoms with Gasteiger partial charge in [0.2, 0.25) is 0 Å². The Morgan fingerprint density at radius 3 is 2.85 bits per heavy atom. The van der Waals surface area contributed by atoms with Gasteiger partial charge in [-0.15, -0.1) is 5.10 Å². The van der Waals surface area contributed by atoms with E-state index >= 15 is 0 Å². The first-order valence-electron chi connectivity index (χ1n) is 6.18. The molecule has 1 fully saturated rings. The lowest BCUT2D eigenvalue weighted by Gasteiger charge is -2.10. The lowest BCUT2D eigenvalue weighted by Crippen LogP contribution is -2.23. The fourth-order valence-corrected chi connectivity index (χ4v) is 2.08. The molecule has 0 bridgehead atoms. The highest BCUT2D eigenvalue weighted by Gasteiger charge is 2.51. The number of aromatic nitrogens is 5. The molecule has 1 saturated carbocycles. The summed E-state index contributed by atoms with van der Waals surface area (Å²) in [6.45, 7) is 0.222. The number of aryl methyl sites for hydroxylation is 1. The number of carboxylic acid groups (broad SMARTS) is 1. The lowest BCUT2D eigenvalue weighted by atomic mass is 10.1. The van der Waals surface area contributed by atoms with Gasteiger partial charge in [0.15, 0.2) is 5.82 Å². The average molecular weight is 275 g/mol. The van der Waals surface area contributed by atoms with Crippen molar-refractivity contribution in [3.63, 3.8) is 0 Å².